The van der Waals surface area contributed by atoms with Crippen molar-refractivity contribution in [2.24, 2.45) is 11.7 Å². The first-order valence-corrected chi connectivity index (χ1v) is 5.81. The van der Waals surface area contributed by atoms with Gasteiger partial charge in [-0.25, -0.2) is 0 Å². The number of carbonyl (C=O) groups is 1. The molecule has 17 heavy (non-hydrogen) atoms. The largest absolute Gasteiger partial charge is 0.508 e. The van der Waals surface area contributed by atoms with Gasteiger partial charge in [-0.1, -0.05) is 32.0 Å². The van der Waals surface area contributed by atoms with E-state index in [9.17, 15) is 9.90 Å². The van der Waals surface area contributed by atoms with E-state index < -0.39 is 6.04 Å². The van der Waals surface area contributed by atoms with Crippen LogP contribution in [0.2, 0.25) is 0 Å². The lowest BCUT2D eigenvalue weighted by Crippen LogP contribution is -2.41. The van der Waals surface area contributed by atoms with E-state index in [1.54, 1.807) is 18.2 Å². The van der Waals surface area contributed by atoms with Crippen LogP contribution in [0.3, 0.4) is 0 Å². The van der Waals surface area contributed by atoms with Crippen LogP contribution < -0.4 is 11.1 Å². The molecule has 0 saturated heterocycles. The predicted molar refractivity (Wildman–Crippen MR) is 67.4 cm³/mol. The van der Waals surface area contributed by atoms with Gasteiger partial charge in [-0.05, 0) is 18.4 Å². The molecular formula is C13H20N2O2. The zero-order chi connectivity index (χ0) is 12.8. The van der Waals surface area contributed by atoms with Gasteiger partial charge in [0.2, 0.25) is 5.91 Å². The molecule has 0 saturated carbocycles. The normalized spacial score (nSPS) is 12.5. The van der Waals surface area contributed by atoms with Crippen LogP contribution in [0.5, 0.6) is 5.75 Å². The summed E-state index contributed by atoms with van der Waals surface area (Å²) in [6, 6.07) is 6.43. The van der Waals surface area contributed by atoms with Crippen LogP contribution in [-0.2, 0) is 11.3 Å². The Morgan fingerprint density at radius 1 is 1.41 bits per heavy atom. The number of aromatic hydroxyl groups is 1. The molecule has 0 aliphatic heterocycles. The van der Waals surface area contributed by atoms with E-state index in [0.29, 0.717) is 24.4 Å². The van der Waals surface area contributed by atoms with Gasteiger partial charge in [0.15, 0.2) is 0 Å². The Hall–Kier alpha value is -1.55. The summed E-state index contributed by atoms with van der Waals surface area (Å²) in [5, 5.41) is 12.2. The Balaban J connectivity index is 2.46. The summed E-state index contributed by atoms with van der Waals surface area (Å²) in [5.41, 5.74) is 6.44. The van der Waals surface area contributed by atoms with Gasteiger partial charge in [-0.2, -0.15) is 0 Å². The molecule has 1 aromatic carbocycles. The molecular weight excluding hydrogens is 216 g/mol. The van der Waals surface area contributed by atoms with Crippen LogP contribution in [0.4, 0.5) is 0 Å². The number of phenolic OH excluding ortho intramolecular Hbond substituents is 1. The van der Waals surface area contributed by atoms with Crippen molar-refractivity contribution in [2.75, 3.05) is 0 Å². The monoisotopic (exact) mass is 236 g/mol. The van der Waals surface area contributed by atoms with Crippen LogP contribution >= 0.6 is 0 Å². The quantitative estimate of drug-likeness (QED) is 0.723. The zero-order valence-electron chi connectivity index (χ0n) is 10.3. The first-order valence-electron chi connectivity index (χ1n) is 5.81. The van der Waals surface area contributed by atoms with E-state index in [1.165, 1.54) is 0 Å². The molecule has 1 atom stereocenters. The highest BCUT2D eigenvalue weighted by Gasteiger charge is 2.14. The maximum atomic E-state index is 11.6. The molecule has 4 N–H and O–H groups in total. The molecule has 0 heterocycles. The van der Waals surface area contributed by atoms with Crippen molar-refractivity contribution in [3.8, 4) is 5.75 Å². The second-order valence-corrected chi connectivity index (χ2v) is 4.58. The molecule has 1 rings (SSSR count). The van der Waals surface area contributed by atoms with Gasteiger partial charge in [-0.15, -0.1) is 0 Å². The second kappa shape index (κ2) is 6.25. The Kier molecular flexibility index (Phi) is 4.97. The van der Waals surface area contributed by atoms with Crippen molar-refractivity contribution in [2.45, 2.75) is 32.9 Å². The van der Waals surface area contributed by atoms with Crippen LogP contribution in [-0.4, -0.2) is 17.1 Å². The second-order valence-electron chi connectivity index (χ2n) is 4.58. The number of benzene rings is 1. The minimum absolute atomic E-state index is 0.179. The van der Waals surface area contributed by atoms with Gasteiger partial charge < -0.3 is 16.2 Å². The highest BCUT2D eigenvalue weighted by Crippen LogP contribution is 2.14. The van der Waals surface area contributed by atoms with Gasteiger partial charge in [0.05, 0.1) is 6.04 Å². The number of para-hydroxylation sites is 1. The Bertz CT molecular complexity index is 377. The maximum absolute atomic E-state index is 11.6. The van der Waals surface area contributed by atoms with Crippen molar-refractivity contribution < 1.29 is 9.90 Å². The number of nitrogens with two attached hydrogens (primary N) is 1. The van der Waals surface area contributed by atoms with E-state index in [1.807, 2.05) is 19.9 Å². The van der Waals surface area contributed by atoms with Crippen LogP contribution in [0.1, 0.15) is 25.8 Å². The standard InChI is InChI=1S/C13H20N2O2/c1-9(2)7-11(14)13(17)15-8-10-5-3-4-6-12(10)16/h3-6,9,11,16H,7-8,14H2,1-2H3,(H,15,17)/t11-/m1/s1. The number of amides is 1. The van der Waals surface area contributed by atoms with Gasteiger partial charge >= 0.3 is 0 Å². The average Bonchev–Trinajstić information content (AvgIpc) is 2.26. The molecule has 94 valence electrons. The molecule has 4 nitrogen and oxygen atoms in total. The Labute approximate surface area is 102 Å². The first-order chi connectivity index (χ1) is 8.00. The van der Waals surface area contributed by atoms with Crippen molar-refractivity contribution in [3.05, 3.63) is 29.8 Å². The number of carbonyl (C=O) groups excluding carboxylic acids is 1. The summed E-state index contributed by atoms with van der Waals surface area (Å²) in [6.07, 6.45) is 0.659. The summed E-state index contributed by atoms with van der Waals surface area (Å²) in [4.78, 5) is 11.6. The van der Waals surface area contributed by atoms with Gasteiger partial charge in [0.1, 0.15) is 5.75 Å². The third-order valence-electron chi connectivity index (χ3n) is 2.51. The fraction of sp³-hybridized carbons (Fsp3) is 0.462. The van der Waals surface area contributed by atoms with Gasteiger partial charge in [-0.3, -0.25) is 4.79 Å². The van der Waals surface area contributed by atoms with E-state index in [4.69, 9.17) is 5.73 Å². The number of rotatable bonds is 5. The molecule has 4 heteroatoms. The summed E-state index contributed by atoms with van der Waals surface area (Å²) >= 11 is 0. The van der Waals surface area contributed by atoms with Gasteiger partial charge in [0.25, 0.3) is 0 Å². The molecule has 1 amide bonds. The Morgan fingerprint density at radius 3 is 2.65 bits per heavy atom. The van der Waals surface area contributed by atoms with Crippen LogP contribution in [0, 0.1) is 5.92 Å². The number of phenols is 1. The van der Waals surface area contributed by atoms with E-state index >= 15 is 0 Å². The number of hydrogen-bond donors (Lipinski definition) is 3. The fourth-order valence-electron chi connectivity index (χ4n) is 1.59. The van der Waals surface area contributed by atoms with E-state index in [-0.39, 0.29) is 11.7 Å². The minimum Gasteiger partial charge on any atom is -0.508 e. The minimum atomic E-state index is -0.485. The Morgan fingerprint density at radius 2 is 2.06 bits per heavy atom. The highest BCUT2D eigenvalue weighted by atomic mass is 16.3. The SMILES string of the molecule is CC(C)C[C@@H](N)C(=O)NCc1ccccc1O. The molecule has 0 aliphatic rings. The smallest absolute Gasteiger partial charge is 0.237 e. The number of nitrogens with one attached hydrogen (secondary N) is 1. The lowest BCUT2D eigenvalue weighted by molar-refractivity contribution is -0.122. The lowest BCUT2D eigenvalue weighted by atomic mass is 10.0. The van der Waals surface area contributed by atoms with Crippen molar-refractivity contribution >= 4 is 5.91 Å². The van der Waals surface area contributed by atoms with Crippen molar-refractivity contribution in [3.63, 3.8) is 0 Å². The molecule has 0 fully saturated rings. The summed E-state index contributed by atoms with van der Waals surface area (Å²) in [5.74, 6) is 0.396. The molecule has 0 radical (unpaired) electrons. The first kappa shape index (κ1) is 13.5. The van der Waals surface area contributed by atoms with Crippen LogP contribution in [0.25, 0.3) is 0 Å². The van der Waals surface area contributed by atoms with Gasteiger partial charge in [0, 0.05) is 12.1 Å². The lowest BCUT2D eigenvalue weighted by Gasteiger charge is -2.14. The molecule has 0 unspecified atom stereocenters. The average molecular weight is 236 g/mol. The molecule has 0 aromatic heterocycles. The molecule has 1 aromatic rings. The van der Waals surface area contributed by atoms with Crippen LogP contribution in [0.15, 0.2) is 24.3 Å². The number of hydrogen-bond acceptors (Lipinski definition) is 3. The third-order valence-corrected chi connectivity index (χ3v) is 2.51. The maximum Gasteiger partial charge on any atom is 0.237 e. The van der Waals surface area contributed by atoms with Crippen molar-refractivity contribution in [1.29, 1.82) is 0 Å². The predicted octanol–water partition coefficient (Wildman–Crippen LogP) is 1.38. The summed E-state index contributed by atoms with van der Waals surface area (Å²) in [7, 11) is 0. The van der Waals surface area contributed by atoms with E-state index in [2.05, 4.69) is 5.32 Å². The molecule has 0 bridgehead atoms. The molecule has 0 spiro atoms. The topological polar surface area (TPSA) is 75.4 Å². The van der Waals surface area contributed by atoms with E-state index in [0.717, 1.165) is 0 Å². The summed E-state index contributed by atoms with van der Waals surface area (Å²) in [6.45, 7) is 4.35. The highest BCUT2D eigenvalue weighted by molar-refractivity contribution is 5.81. The zero-order valence-corrected chi connectivity index (χ0v) is 10.3. The third kappa shape index (κ3) is 4.44. The summed E-state index contributed by atoms with van der Waals surface area (Å²) < 4.78 is 0. The molecule has 0 aliphatic carbocycles. The van der Waals surface area contributed by atoms with Crippen molar-refractivity contribution in [1.82, 2.24) is 5.32 Å². The fourth-order valence-corrected chi connectivity index (χ4v) is 1.59.